The third-order valence-corrected chi connectivity index (χ3v) is 4.62. The van der Waals surface area contributed by atoms with Gasteiger partial charge in [0.15, 0.2) is 5.96 Å². The van der Waals surface area contributed by atoms with E-state index in [-0.39, 0.29) is 36.1 Å². The van der Waals surface area contributed by atoms with Crippen molar-refractivity contribution in [1.82, 2.24) is 10.6 Å². The molecule has 0 aromatic heterocycles. The monoisotopic (exact) mass is 513 g/mol. The van der Waals surface area contributed by atoms with Gasteiger partial charge in [0.1, 0.15) is 11.6 Å². The van der Waals surface area contributed by atoms with Crippen LogP contribution in [0.15, 0.2) is 53.5 Å². The van der Waals surface area contributed by atoms with Gasteiger partial charge in [-0.15, -0.1) is 24.0 Å². The van der Waals surface area contributed by atoms with Gasteiger partial charge >= 0.3 is 0 Å². The Kier molecular flexibility index (Phi) is 9.66. The van der Waals surface area contributed by atoms with Gasteiger partial charge in [-0.25, -0.2) is 9.38 Å². The van der Waals surface area contributed by atoms with Crippen molar-refractivity contribution < 1.29 is 14.2 Å². The van der Waals surface area contributed by atoms with E-state index in [0.717, 1.165) is 17.9 Å². The molecule has 1 aliphatic carbocycles. The van der Waals surface area contributed by atoms with Crippen molar-refractivity contribution in [2.75, 3.05) is 19.7 Å². The molecular formula is C22H29FIN3O2. The van der Waals surface area contributed by atoms with Gasteiger partial charge in [0.25, 0.3) is 0 Å². The molecule has 3 rings (SSSR count). The van der Waals surface area contributed by atoms with Gasteiger partial charge in [0, 0.05) is 24.2 Å². The molecule has 0 aliphatic heterocycles. The second-order valence-corrected chi connectivity index (χ2v) is 6.98. The molecular weight excluding hydrogens is 484 g/mol. The predicted molar refractivity (Wildman–Crippen MR) is 124 cm³/mol. The van der Waals surface area contributed by atoms with Crippen LogP contribution in [0.25, 0.3) is 0 Å². The average molecular weight is 513 g/mol. The number of aliphatic imine (C=N–C) groups is 1. The van der Waals surface area contributed by atoms with Crippen molar-refractivity contribution in [2.45, 2.75) is 32.4 Å². The maximum absolute atomic E-state index is 13.8. The summed E-state index contributed by atoms with van der Waals surface area (Å²) in [6.07, 6.45) is 1.54. The van der Waals surface area contributed by atoms with E-state index < -0.39 is 11.9 Å². The zero-order valence-electron chi connectivity index (χ0n) is 16.6. The van der Waals surface area contributed by atoms with Gasteiger partial charge in [0.2, 0.25) is 0 Å². The summed E-state index contributed by atoms with van der Waals surface area (Å²) in [5.41, 5.74) is 1.28. The third kappa shape index (κ3) is 7.47. The minimum absolute atomic E-state index is 0. The van der Waals surface area contributed by atoms with Crippen LogP contribution in [-0.2, 0) is 6.54 Å². The molecule has 158 valence electrons. The summed E-state index contributed by atoms with van der Waals surface area (Å²) < 4.78 is 19.7. The summed E-state index contributed by atoms with van der Waals surface area (Å²) in [7, 11) is 0. The molecule has 0 amide bonds. The Labute approximate surface area is 188 Å². The molecule has 5 nitrogen and oxygen atoms in total. The number of aliphatic hydroxyl groups is 1. The van der Waals surface area contributed by atoms with E-state index >= 15 is 0 Å². The number of ether oxygens (including phenoxy) is 1. The van der Waals surface area contributed by atoms with E-state index in [1.165, 1.54) is 18.9 Å². The van der Waals surface area contributed by atoms with E-state index in [9.17, 15) is 9.50 Å². The lowest BCUT2D eigenvalue weighted by atomic mass is 10.1. The first-order valence-corrected chi connectivity index (χ1v) is 9.82. The second-order valence-electron chi connectivity index (χ2n) is 6.98. The fourth-order valence-electron chi connectivity index (χ4n) is 2.82. The van der Waals surface area contributed by atoms with Crippen molar-refractivity contribution in [3.63, 3.8) is 0 Å². The zero-order chi connectivity index (χ0) is 19.8. The summed E-state index contributed by atoms with van der Waals surface area (Å²) in [4.78, 5) is 4.58. The van der Waals surface area contributed by atoms with Gasteiger partial charge in [-0.05, 0) is 37.8 Å². The molecule has 1 atom stereocenters. The number of aliphatic hydroxyl groups excluding tert-OH is 1. The summed E-state index contributed by atoms with van der Waals surface area (Å²) in [6, 6.07) is 14.1. The highest BCUT2D eigenvalue weighted by atomic mass is 127. The molecule has 0 heterocycles. The molecule has 2 aromatic carbocycles. The van der Waals surface area contributed by atoms with Gasteiger partial charge in [-0.1, -0.05) is 36.4 Å². The Morgan fingerprint density at radius 1 is 1.17 bits per heavy atom. The maximum atomic E-state index is 13.8. The molecule has 0 saturated heterocycles. The first kappa shape index (κ1) is 23.4. The molecule has 1 saturated carbocycles. The first-order valence-electron chi connectivity index (χ1n) is 9.82. The first-order chi connectivity index (χ1) is 13.7. The fourth-order valence-corrected chi connectivity index (χ4v) is 2.82. The van der Waals surface area contributed by atoms with Gasteiger partial charge in [-0.3, -0.25) is 0 Å². The summed E-state index contributed by atoms with van der Waals surface area (Å²) in [6.45, 7) is 4.02. The number of nitrogens with zero attached hydrogens (tertiary/aromatic N) is 1. The quantitative estimate of drug-likeness (QED) is 0.269. The van der Waals surface area contributed by atoms with Crippen molar-refractivity contribution in [2.24, 2.45) is 10.9 Å². The van der Waals surface area contributed by atoms with E-state index in [4.69, 9.17) is 4.74 Å². The third-order valence-electron chi connectivity index (χ3n) is 4.62. The molecule has 2 aromatic rings. The van der Waals surface area contributed by atoms with E-state index in [1.54, 1.807) is 18.2 Å². The summed E-state index contributed by atoms with van der Waals surface area (Å²) in [5.74, 6) is 1.70. The average Bonchev–Trinajstić information content (AvgIpc) is 3.54. The second kappa shape index (κ2) is 12.0. The van der Waals surface area contributed by atoms with Crippen LogP contribution >= 0.6 is 24.0 Å². The highest BCUT2D eigenvalue weighted by Gasteiger charge is 2.22. The van der Waals surface area contributed by atoms with Crippen molar-refractivity contribution in [1.29, 1.82) is 0 Å². The minimum atomic E-state index is -0.959. The van der Waals surface area contributed by atoms with Crippen molar-refractivity contribution in [3.05, 3.63) is 65.5 Å². The van der Waals surface area contributed by atoms with Crippen LogP contribution in [0.4, 0.5) is 4.39 Å². The van der Waals surface area contributed by atoms with Gasteiger partial charge in [-0.2, -0.15) is 0 Å². The topological polar surface area (TPSA) is 65.9 Å². The van der Waals surface area contributed by atoms with Crippen LogP contribution in [0, 0.1) is 11.7 Å². The molecule has 0 spiro atoms. The Balaban J connectivity index is 0.00000300. The standard InChI is InChI=1S/C22H28FN3O2.HI/c1-2-24-22(26-14-20(27)18-8-4-5-9-19(18)23)25-13-17-7-3-6-10-21(17)28-15-16-11-12-16;/h3-10,16,20,27H,2,11-15H2,1H3,(H2,24,25,26);1H. The number of hydrogen-bond acceptors (Lipinski definition) is 3. The van der Waals surface area contributed by atoms with Crippen molar-refractivity contribution >= 4 is 29.9 Å². The molecule has 29 heavy (non-hydrogen) atoms. The summed E-state index contributed by atoms with van der Waals surface area (Å²) >= 11 is 0. The molecule has 7 heteroatoms. The Morgan fingerprint density at radius 3 is 2.62 bits per heavy atom. The lowest BCUT2D eigenvalue weighted by Crippen LogP contribution is -2.39. The number of para-hydroxylation sites is 1. The van der Waals surface area contributed by atoms with Crippen LogP contribution in [0.1, 0.15) is 37.0 Å². The zero-order valence-corrected chi connectivity index (χ0v) is 18.9. The number of benzene rings is 2. The SMILES string of the molecule is CCNC(=NCc1ccccc1OCC1CC1)NCC(O)c1ccccc1F.I. The maximum Gasteiger partial charge on any atom is 0.191 e. The number of nitrogens with one attached hydrogen (secondary N) is 2. The van der Waals surface area contributed by atoms with Crippen LogP contribution < -0.4 is 15.4 Å². The summed E-state index contributed by atoms with van der Waals surface area (Å²) in [5, 5.41) is 16.5. The minimum Gasteiger partial charge on any atom is -0.493 e. The Hall–Kier alpha value is -1.87. The van der Waals surface area contributed by atoms with Crippen LogP contribution in [0.3, 0.4) is 0 Å². The number of hydrogen-bond donors (Lipinski definition) is 3. The fraction of sp³-hybridized carbons (Fsp3) is 0.409. The van der Waals surface area contributed by atoms with E-state index in [1.807, 2.05) is 31.2 Å². The lowest BCUT2D eigenvalue weighted by molar-refractivity contribution is 0.176. The van der Waals surface area contributed by atoms with Gasteiger partial charge in [0.05, 0.1) is 19.3 Å². The highest BCUT2D eigenvalue weighted by molar-refractivity contribution is 14.0. The largest absolute Gasteiger partial charge is 0.493 e. The van der Waals surface area contributed by atoms with Crippen molar-refractivity contribution in [3.8, 4) is 5.75 Å². The van der Waals surface area contributed by atoms with Crippen LogP contribution in [0.5, 0.6) is 5.75 Å². The normalized spacial score (nSPS) is 14.7. The molecule has 1 aliphatic rings. The highest BCUT2D eigenvalue weighted by Crippen LogP contribution is 2.30. The molecule has 0 radical (unpaired) electrons. The Morgan fingerprint density at radius 2 is 1.90 bits per heavy atom. The van der Waals surface area contributed by atoms with E-state index in [2.05, 4.69) is 15.6 Å². The lowest BCUT2D eigenvalue weighted by Gasteiger charge is -2.16. The van der Waals surface area contributed by atoms with E-state index in [0.29, 0.717) is 25.0 Å². The Bertz CT molecular complexity index is 799. The molecule has 1 fully saturated rings. The van der Waals surface area contributed by atoms with Crippen LogP contribution in [-0.4, -0.2) is 30.8 Å². The number of guanidine groups is 1. The van der Waals surface area contributed by atoms with Crippen LogP contribution in [0.2, 0.25) is 0 Å². The number of rotatable bonds is 9. The molecule has 1 unspecified atom stereocenters. The van der Waals surface area contributed by atoms with Gasteiger partial charge < -0.3 is 20.5 Å². The molecule has 3 N–H and O–H groups in total. The smallest absolute Gasteiger partial charge is 0.191 e. The number of halogens is 2. The predicted octanol–water partition coefficient (Wildman–Crippen LogP) is 4.02. The molecule has 0 bridgehead atoms.